The molecule has 1 aromatic heterocycles. The lowest BCUT2D eigenvalue weighted by Gasteiger charge is -2.26. The highest BCUT2D eigenvalue weighted by Crippen LogP contribution is 2.26. The Morgan fingerprint density at radius 3 is 3.00 bits per heavy atom. The number of hydrogen-bond donors (Lipinski definition) is 2. The standard InChI is InChI=1S/C17H17FN4O2/c1-22-14-8-12(9-20-16(14)21-10-15(22)23)17(24)19-7-6-11-4-2-3-5-13(11)18/h2-5,8-9H,6-7,10H2,1H3,(H,19,24)(H,20,21). The summed E-state index contributed by atoms with van der Waals surface area (Å²) < 4.78 is 13.5. The van der Waals surface area contributed by atoms with Crippen LogP contribution in [-0.4, -0.2) is 36.9 Å². The summed E-state index contributed by atoms with van der Waals surface area (Å²) in [4.78, 5) is 29.6. The number of halogens is 1. The number of fused-ring (bicyclic) bond motifs is 1. The van der Waals surface area contributed by atoms with Gasteiger partial charge in [0.15, 0.2) is 0 Å². The zero-order valence-corrected chi connectivity index (χ0v) is 13.2. The van der Waals surface area contributed by atoms with Crippen LogP contribution in [0.5, 0.6) is 0 Å². The van der Waals surface area contributed by atoms with Gasteiger partial charge in [-0.25, -0.2) is 9.37 Å². The summed E-state index contributed by atoms with van der Waals surface area (Å²) in [5, 5.41) is 5.64. The second-order valence-corrected chi connectivity index (χ2v) is 5.50. The van der Waals surface area contributed by atoms with Crippen molar-refractivity contribution in [2.45, 2.75) is 6.42 Å². The quantitative estimate of drug-likeness (QED) is 0.894. The third-order valence-corrected chi connectivity index (χ3v) is 3.91. The van der Waals surface area contributed by atoms with Crippen LogP contribution in [0.3, 0.4) is 0 Å². The van der Waals surface area contributed by atoms with Gasteiger partial charge in [0, 0.05) is 19.8 Å². The fourth-order valence-corrected chi connectivity index (χ4v) is 2.50. The number of aromatic nitrogens is 1. The summed E-state index contributed by atoms with van der Waals surface area (Å²) in [5.74, 6) is -0.122. The smallest absolute Gasteiger partial charge is 0.252 e. The van der Waals surface area contributed by atoms with Gasteiger partial charge in [-0.15, -0.1) is 0 Å². The van der Waals surface area contributed by atoms with Crippen molar-refractivity contribution in [3.05, 3.63) is 53.5 Å². The van der Waals surface area contributed by atoms with Gasteiger partial charge in [0.05, 0.1) is 17.8 Å². The number of benzene rings is 1. The molecule has 0 saturated carbocycles. The van der Waals surface area contributed by atoms with E-state index in [2.05, 4.69) is 15.6 Å². The first kappa shape index (κ1) is 15.9. The first-order chi connectivity index (χ1) is 11.6. The van der Waals surface area contributed by atoms with Crippen LogP contribution in [0.2, 0.25) is 0 Å². The van der Waals surface area contributed by atoms with Gasteiger partial charge < -0.3 is 15.5 Å². The Balaban J connectivity index is 1.65. The maximum Gasteiger partial charge on any atom is 0.252 e. The third kappa shape index (κ3) is 3.19. The fourth-order valence-electron chi connectivity index (χ4n) is 2.50. The normalized spacial score (nSPS) is 13.2. The lowest BCUT2D eigenvalue weighted by atomic mass is 10.1. The van der Waals surface area contributed by atoms with Crippen LogP contribution < -0.4 is 15.5 Å². The van der Waals surface area contributed by atoms with Gasteiger partial charge in [-0.05, 0) is 24.1 Å². The summed E-state index contributed by atoms with van der Waals surface area (Å²) in [6.45, 7) is 0.495. The number of anilines is 2. The number of likely N-dealkylation sites (N-methyl/N-ethyl adjacent to an activating group) is 1. The van der Waals surface area contributed by atoms with Crippen molar-refractivity contribution >= 4 is 23.3 Å². The van der Waals surface area contributed by atoms with E-state index in [4.69, 9.17) is 0 Å². The van der Waals surface area contributed by atoms with Crippen LogP contribution in [0.15, 0.2) is 36.5 Å². The lowest BCUT2D eigenvalue weighted by Crippen LogP contribution is -2.37. The summed E-state index contributed by atoms with van der Waals surface area (Å²) in [6, 6.07) is 8.08. The van der Waals surface area contributed by atoms with E-state index in [1.165, 1.54) is 17.2 Å². The van der Waals surface area contributed by atoms with Crippen LogP contribution >= 0.6 is 0 Å². The predicted octanol–water partition coefficient (Wildman–Crippen LogP) is 1.58. The van der Waals surface area contributed by atoms with E-state index >= 15 is 0 Å². The molecule has 2 amide bonds. The van der Waals surface area contributed by atoms with E-state index < -0.39 is 0 Å². The Bertz CT molecular complexity index is 794. The molecule has 0 atom stereocenters. The number of carbonyl (C=O) groups is 2. The molecule has 124 valence electrons. The number of rotatable bonds is 4. The van der Waals surface area contributed by atoms with Crippen LogP contribution in [0.25, 0.3) is 0 Å². The zero-order valence-electron chi connectivity index (χ0n) is 13.2. The first-order valence-corrected chi connectivity index (χ1v) is 7.58. The molecule has 0 saturated heterocycles. The number of amides is 2. The monoisotopic (exact) mass is 328 g/mol. The highest BCUT2D eigenvalue weighted by atomic mass is 19.1. The molecule has 1 aromatic carbocycles. The molecule has 2 N–H and O–H groups in total. The minimum atomic E-state index is -0.312. The third-order valence-electron chi connectivity index (χ3n) is 3.91. The van der Waals surface area contributed by atoms with E-state index in [9.17, 15) is 14.0 Å². The van der Waals surface area contributed by atoms with Gasteiger partial charge in [-0.1, -0.05) is 18.2 Å². The van der Waals surface area contributed by atoms with Crippen LogP contribution in [0.1, 0.15) is 15.9 Å². The van der Waals surface area contributed by atoms with Crippen molar-refractivity contribution in [2.24, 2.45) is 0 Å². The molecule has 0 spiro atoms. The van der Waals surface area contributed by atoms with Crippen molar-refractivity contribution in [1.82, 2.24) is 10.3 Å². The van der Waals surface area contributed by atoms with E-state index in [0.717, 1.165) is 0 Å². The molecule has 2 heterocycles. The van der Waals surface area contributed by atoms with Crippen molar-refractivity contribution in [3.63, 3.8) is 0 Å². The van der Waals surface area contributed by atoms with Gasteiger partial charge in [-0.3, -0.25) is 9.59 Å². The number of hydrogen-bond acceptors (Lipinski definition) is 4. The van der Waals surface area contributed by atoms with Crippen molar-refractivity contribution in [1.29, 1.82) is 0 Å². The molecule has 1 aliphatic heterocycles. The highest BCUT2D eigenvalue weighted by molar-refractivity contribution is 6.03. The van der Waals surface area contributed by atoms with Gasteiger partial charge in [0.1, 0.15) is 11.6 Å². The molecule has 0 bridgehead atoms. The number of nitrogens with one attached hydrogen (secondary N) is 2. The Morgan fingerprint density at radius 1 is 1.42 bits per heavy atom. The van der Waals surface area contributed by atoms with E-state index in [1.807, 2.05) is 0 Å². The van der Waals surface area contributed by atoms with E-state index in [0.29, 0.717) is 35.6 Å². The molecular formula is C17H17FN4O2. The maximum atomic E-state index is 13.5. The maximum absolute atomic E-state index is 13.5. The Morgan fingerprint density at radius 2 is 2.21 bits per heavy atom. The van der Waals surface area contributed by atoms with Crippen LogP contribution in [0.4, 0.5) is 15.9 Å². The summed E-state index contributed by atoms with van der Waals surface area (Å²) in [6.07, 6.45) is 1.85. The largest absolute Gasteiger partial charge is 0.359 e. The topological polar surface area (TPSA) is 74.3 Å². The summed E-state index contributed by atoms with van der Waals surface area (Å²) in [5.41, 5.74) is 1.47. The van der Waals surface area contributed by atoms with Gasteiger partial charge in [0.25, 0.3) is 5.91 Å². The van der Waals surface area contributed by atoms with E-state index in [-0.39, 0.29) is 24.2 Å². The highest BCUT2D eigenvalue weighted by Gasteiger charge is 2.22. The summed E-state index contributed by atoms with van der Waals surface area (Å²) >= 11 is 0. The fraction of sp³-hybridized carbons (Fsp3) is 0.235. The molecule has 0 unspecified atom stereocenters. The SMILES string of the molecule is CN1C(=O)CNc2ncc(C(=O)NCCc3ccccc3F)cc21. The van der Waals surface area contributed by atoms with E-state index in [1.54, 1.807) is 31.3 Å². The molecule has 1 aliphatic rings. The molecular weight excluding hydrogens is 311 g/mol. The molecule has 6 nitrogen and oxygen atoms in total. The molecule has 24 heavy (non-hydrogen) atoms. The summed E-state index contributed by atoms with van der Waals surface area (Å²) in [7, 11) is 1.64. The van der Waals surface area contributed by atoms with Crippen molar-refractivity contribution in [2.75, 3.05) is 30.4 Å². The van der Waals surface area contributed by atoms with Gasteiger partial charge in [-0.2, -0.15) is 0 Å². The molecule has 2 aromatic rings. The first-order valence-electron chi connectivity index (χ1n) is 7.58. The predicted molar refractivity (Wildman–Crippen MR) is 88.6 cm³/mol. The van der Waals surface area contributed by atoms with Crippen molar-refractivity contribution in [3.8, 4) is 0 Å². The minimum Gasteiger partial charge on any atom is -0.359 e. The Kier molecular flexibility index (Phi) is 4.41. The molecule has 0 aliphatic carbocycles. The Labute approximate surface area is 138 Å². The second kappa shape index (κ2) is 6.66. The minimum absolute atomic E-state index is 0.0959. The zero-order chi connectivity index (χ0) is 17.1. The van der Waals surface area contributed by atoms with Crippen molar-refractivity contribution < 1.29 is 14.0 Å². The molecule has 0 fully saturated rings. The second-order valence-electron chi connectivity index (χ2n) is 5.50. The molecule has 7 heteroatoms. The average Bonchev–Trinajstić information content (AvgIpc) is 2.59. The number of pyridine rings is 1. The molecule has 3 rings (SSSR count). The molecule has 0 radical (unpaired) electrons. The van der Waals surface area contributed by atoms with Gasteiger partial charge in [0.2, 0.25) is 5.91 Å². The van der Waals surface area contributed by atoms with Gasteiger partial charge >= 0.3 is 0 Å². The van der Waals surface area contributed by atoms with Crippen LogP contribution in [0, 0.1) is 5.82 Å². The average molecular weight is 328 g/mol. The number of nitrogens with zero attached hydrogens (tertiary/aromatic N) is 2. The Hall–Kier alpha value is -2.96. The van der Waals surface area contributed by atoms with Crippen LogP contribution in [-0.2, 0) is 11.2 Å². The lowest BCUT2D eigenvalue weighted by molar-refractivity contribution is -0.116. The number of carbonyl (C=O) groups excluding carboxylic acids is 2.